The molecule has 5 heteroatoms. The largest absolute Gasteiger partial charge is 0.329 e. The van der Waals surface area contributed by atoms with E-state index in [1.807, 2.05) is 25.8 Å². The molecule has 19 heavy (non-hydrogen) atoms. The van der Waals surface area contributed by atoms with Gasteiger partial charge in [-0.15, -0.1) is 0 Å². The fourth-order valence-electron chi connectivity index (χ4n) is 1.73. The molecule has 1 rings (SSSR count). The van der Waals surface area contributed by atoms with Crippen molar-refractivity contribution < 1.29 is 9.18 Å². The van der Waals surface area contributed by atoms with E-state index in [4.69, 9.17) is 5.73 Å². The Hall–Kier alpha value is -1.46. The molecule has 0 aliphatic carbocycles. The number of amides is 1. The quantitative estimate of drug-likeness (QED) is 0.826. The predicted octanol–water partition coefficient (Wildman–Crippen LogP) is 1.82. The fourth-order valence-corrected chi connectivity index (χ4v) is 1.73. The van der Waals surface area contributed by atoms with Crippen molar-refractivity contribution in [3.63, 3.8) is 0 Å². The summed E-state index contributed by atoms with van der Waals surface area (Å²) >= 11 is 0. The third-order valence-corrected chi connectivity index (χ3v) is 3.65. The van der Waals surface area contributed by atoms with E-state index in [0.29, 0.717) is 6.54 Å². The Balaban J connectivity index is 2.64. The smallest absolute Gasteiger partial charge is 0.238 e. The van der Waals surface area contributed by atoms with Crippen LogP contribution in [0.2, 0.25) is 0 Å². The average molecular weight is 267 g/mol. The van der Waals surface area contributed by atoms with Crippen LogP contribution in [0.3, 0.4) is 0 Å². The van der Waals surface area contributed by atoms with Gasteiger partial charge in [0.2, 0.25) is 5.91 Å². The third-order valence-electron chi connectivity index (χ3n) is 3.65. The van der Waals surface area contributed by atoms with E-state index >= 15 is 0 Å². The average Bonchev–Trinajstić information content (AvgIpc) is 2.40. The van der Waals surface area contributed by atoms with Gasteiger partial charge in [0.15, 0.2) is 0 Å². The first-order chi connectivity index (χ1) is 8.92. The molecule has 3 N–H and O–H groups in total. The van der Waals surface area contributed by atoms with E-state index in [1.54, 1.807) is 12.1 Å². The minimum atomic E-state index is -0.435. The van der Waals surface area contributed by atoms with Crippen molar-refractivity contribution in [1.29, 1.82) is 0 Å². The Morgan fingerprint density at radius 1 is 1.47 bits per heavy atom. The third kappa shape index (κ3) is 4.01. The zero-order valence-electron chi connectivity index (χ0n) is 11.7. The molecule has 1 atom stereocenters. The molecule has 4 nitrogen and oxygen atoms in total. The summed E-state index contributed by atoms with van der Waals surface area (Å²) < 4.78 is 13.4. The van der Waals surface area contributed by atoms with Crippen LogP contribution in [0.25, 0.3) is 0 Å². The maximum absolute atomic E-state index is 13.4. The molecule has 0 saturated heterocycles. The summed E-state index contributed by atoms with van der Waals surface area (Å²) in [6.07, 6.45) is 0.840. The number of carbonyl (C=O) groups excluding carboxylic acids is 1. The first-order valence-electron chi connectivity index (χ1n) is 6.38. The highest BCUT2D eigenvalue weighted by atomic mass is 19.1. The SMILES string of the molecule is CCC(C)(CN)N(C)CC(=O)Nc1ccccc1F. The number of hydrogen-bond donors (Lipinski definition) is 2. The van der Waals surface area contributed by atoms with Crippen LogP contribution in [-0.4, -0.2) is 36.5 Å². The van der Waals surface area contributed by atoms with Crippen LogP contribution >= 0.6 is 0 Å². The topological polar surface area (TPSA) is 58.4 Å². The minimum absolute atomic E-state index is 0.176. The molecule has 106 valence electrons. The molecule has 0 saturated carbocycles. The number of nitrogens with two attached hydrogens (primary N) is 1. The van der Waals surface area contributed by atoms with Crippen molar-refractivity contribution in [3.05, 3.63) is 30.1 Å². The van der Waals surface area contributed by atoms with Crippen molar-refractivity contribution >= 4 is 11.6 Å². The lowest BCUT2D eigenvalue weighted by molar-refractivity contribution is -0.118. The molecule has 0 bridgehead atoms. The summed E-state index contributed by atoms with van der Waals surface area (Å²) in [5.41, 5.74) is 5.71. The zero-order valence-corrected chi connectivity index (χ0v) is 11.7. The van der Waals surface area contributed by atoms with Crippen LogP contribution in [0.4, 0.5) is 10.1 Å². The van der Waals surface area contributed by atoms with E-state index in [2.05, 4.69) is 5.32 Å². The highest BCUT2D eigenvalue weighted by Crippen LogP contribution is 2.16. The summed E-state index contributed by atoms with van der Waals surface area (Å²) in [5, 5.41) is 2.56. The molecule has 1 amide bonds. The van der Waals surface area contributed by atoms with Gasteiger partial charge in [0, 0.05) is 12.1 Å². The Morgan fingerprint density at radius 2 is 2.11 bits per heavy atom. The van der Waals surface area contributed by atoms with Crippen LogP contribution < -0.4 is 11.1 Å². The number of nitrogens with one attached hydrogen (secondary N) is 1. The monoisotopic (exact) mass is 267 g/mol. The van der Waals surface area contributed by atoms with E-state index < -0.39 is 5.82 Å². The lowest BCUT2D eigenvalue weighted by Crippen LogP contribution is -2.51. The summed E-state index contributed by atoms with van der Waals surface area (Å²) in [7, 11) is 1.84. The van der Waals surface area contributed by atoms with Gasteiger partial charge < -0.3 is 11.1 Å². The number of carbonyl (C=O) groups is 1. The fraction of sp³-hybridized carbons (Fsp3) is 0.500. The molecule has 1 aromatic rings. The Morgan fingerprint density at radius 3 is 2.63 bits per heavy atom. The molecule has 0 aliphatic rings. The minimum Gasteiger partial charge on any atom is -0.329 e. The number of halogens is 1. The Labute approximate surface area is 113 Å². The Bertz CT molecular complexity index is 432. The summed E-state index contributed by atoms with van der Waals surface area (Å²) in [6.45, 7) is 4.67. The maximum atomic E-state index is 13.4. The van der Waals surface area contributed by atoms with Gasteiger partial charge in [0.05, 0.1) is 12.2 Å². The first-order valence-corrected chi connectivity index (χ1v) is 6.38. The van der Waals surface area contributed by atoms with Gasteiger partial charge in [-0.05, 0) is 32.5 Å². The summed E-state index contributed by atoms with van der Waals surface area (Å²) in [4.78, 5) is 13.8. The number of nitrogens with zero attached hydrogens (tertiary/aromatic N) is 1. The van der Waals surface area contributed by atoms with Gasteiger partial charge in [-0.3, -0.25) is 9.69 Å². The van der Waals surface area contributed by atoms with Crippen molar-refractivity contribution in [1.82, 2.24) is 4.90 Å². The number of para-hydroxylation sites is 1. The van der Waals surface area contributed by atoms with E-state index in [-0.39, 0.29) is 23.7 Å². The van der Waals surface area contributed by atoms with Crippen LogP contribution in [0.15, 0.2) is 24.3 Å². The molecule has 0 spiro atoms. The van der Waals surface area contributed by atoms with Crippen LogP contribution in [0.1, 0.15) is 20.3 Å². The van der Waals surface area contributed by atoms with Gasteiger partial charge >= 0.3 is 0 Å². The maximum Gasteiger partial charge on any atom is 0.238 e. The van der Waals surface area contributed by atoms with Crippen molar-refractivity contribution in [2.24, 2.45) is 5.73 Å². The highest BCUT2D eigenvalue weighted by Gasteiger charge is 2.27. The molecule has 0 aromatic heterocycles. The summed E-state index contributed by atoms with van der Waals surface area (Å²) in [6, 6.07) is 6.11. The normalized spacial score (nSPS) is 14.2. The van der Waals surface area contributed by atoms with Crippen molar-refractivity contribution in [3.8, 4) is 0 Å². The molecule has 1 unspecified atom stereocenters. The van der Waals surface area contributed by atoms with Crippen LogP contribution in [-0.2, 0) is 4.79 Å². The van der Waals surface area contributed by atoms with E-state index in [0.717, 1.165) is 6.42 Å². The molecular weight excluding hydrogens is 245 g/mol. The molecule has 1 aromatic carbocycles. The van der Waals surface area contributed by atoms with Gasteiger partial charge in [-0.1, -0.05) is 19.1 Å². The first kappa shape index (κ1) is 15.6. The molecule has 0 fully saturated rings. The van der Waals surface area contributed by atoms with Crippen molar-refractivity contribution in [2.45, 2.75) is 25.8 Å². The van der Waals surface area contributed by atoms with Gasteiger partial charge in [-0.2, -0.15) is 0 Å². The second kappa shape index (κ2) is 6.63. The molecule has 0 aliphatic heterocycles. The van der Waals surface area contributed by atoms with E-state index in [1.165, 1.54) is 12.1 Å². The van der Waals surface area contributed by atoms with Gasteiger partial charge in [-0.25, -0.2) is 4.39 Å². The number of anilines is 1. The second-order valence-electron chi connectivity index (χ2n) is 4.94. The van der Waals surface area contributed by atoms with Gasteiger partial charge in [0.1, 0.15) is 5.82 Å². The standard InChI is InChI=1S/C14H22FN3O/c1-4-14(2,10-16)18(3)9-13(19)17-12-8-6-5-7-11(12)15/h5-8H,4,9-10,16H2,1-3H3,(H,17,19). The molecular formula is C14H22FN3O. The summed E-state index contributed by atoms with van der Waals surface area (Å²) in [5.74, 6) is -0.684. The lowest BCUT2D eigenvalue weighted by Gasteiger charge is -2.36. The predicted molar refractivity (Wildman–Crippen MR) is 75.4 cm³/mol. The second-order valence-corrected chi connectivity index (χ2v) is 4.94. The number of rotatable bonds is 6. The lowest BCUT2D eigenvalue weighted by atomic mass is 9.97. The van der Waals surface area contributed by atoms with Crippen LogP contribution in [0.5, 0.6) is 0 Å². The highest BCUT2D eigenvalue weighted by molar-refractivity contribution is 5.92. The number of benzene rings is 1. The Kier molecular flexibility index (Phi) is 5.44. The van der Waals surface area contributed by atoms with Crippen LogP contribution in [0, 0.1) is 5.82 Å². The molecule has 0 radical (unpaired) electrons. The zero-order chi connectivity index (χ0) is 14.5. The van der Waals surface area contributed by atoms with E-state index in [9.17, 15) is 9.18 Å². The number of hydrogen-bond acceptors (Lipinski definition) is 3. The number of likely N-dealkylation sites (N-methyl/N-ethyl adjacent to an activating group) is 1. The van der Waals surface area contributed by atoms with Gasteiger partial charge in [0.25, 0.3) is 0 Å². The molecule has 0 heterocycles. The van der Waals surface area contributed by atoms with Crippen molar-refractivity contribution in [2.75, 3.05) is 25.5 Å².